The topological polar surface area (TPSA) is 19.4 Å². The second-order valence-electron chi connectivity index (χ2n) is 5.55. The van der Waals surface area contributed by atoms with Crippen LogP contribution in [0.2, 0.25) is 5.02 Å². The fourth-order valence-electron chi connectivity index (χ4n) is 2.83. The normalized spacial score (nSPS) is 21.6. The van der Waals surface area contributed by atoms with Gasteiger partial charge in [0.15, 0.2) is 0 Å². The van der Waals surface area contributed by atoms with Crippen molar-refractivity contribution in [3.63, 3.8) is 0 Å². The van der Waals surface area contributed by atoms with E-state index in [0.717, 1.165) is 28.0 Å². The molecular weight excluding hydrogens is 390 g/mol. The lowest BCUT2D eigenvalue weighted by atomic mass is 10.3. The summed E-state index contributed by atoms with van der Waals surface area (Å²) in [6.07, 6.45) is 3.98. The fraction of sp³-hybridized carbons (Fsp3) is 0.167. The summed E-state index contributed by atoms with van der Waals surface area (Å²) in [5.41, 5.74) is 2.19. The SMILES string of the molecule is C=C1C(=C2Sc3ccc(Cl)cc3N2C)SC(=Cc2nccs2)N1CC. The number of anilines is 1. The third-order valence-electron chi connectivity index (χ3n) is 4.06. The average molecular weight is 406 g/mol. The highest BCUT2D eigenvalue weighted by molar-refractivity contribution is 8.09. The molecule has 1 saturated heterocycles. The van der Waals surface area contributed by atoms with E-state index in [0.29, 0.717) is 0 Å². The van der Waals surface area contributed by atoms with Crippen LogP contribution < -0.4 is 4.90 Å². The van der Waals surface area contributed by atoms with Crippen molar-refractivity contribution < 1.29 is 0 Å². The van der Waals surface area contributed by atoms with Gasteiger partial charge < -0.3 is 9.80 Å². The molecule has 25 heavy (non-hydrogen) atoms. The highest BCUT2D eigenvalue weighted by atomic mass is 35.5. The predicted octanol–water partition coefficient (Wildman–Crippen LogP) is 6.09. The molecule has 0 N–H and O–H groups in total. The Morgan fingerprint density at radius 3 is 2.88 bits per heavy atom. The summed E-state index contributed by atoms with van der Waals surface area (Å²) in [7, 11) is 2.09. The molecule has 128 valence electrons. The van der Waals surface area contributed by atoms with Crippen LogP contribution in [-0.4, -0.2) is 23.5 Å². The third kappa shape index (κ3) is 3.01. The van der Waals surface area contributed by atoms with E-state index in [4.69, 9.17) is 11.6 Å². The zero-order valence-electron chi connectivity index (χ0n) is 13.8. The summed E-state index contributed by atoms with van der Waals surface area (Å²) in [6, 6.07) is 6.04. The molecule has 0 aliphatic carbocycles. The van der Waals surface area contributed by atoms with Gasteiger partial charge in [-0.2, -0.15) is 0 Å². The van der Waals surface area contributed by atoms with Crippen LogP contribution in [0.25, 0.3) is 6.08 Å². The van der Waals surface area contributed by atoms with E-state index in [9.17, 15) is 0 Å². The van der Waals surface area contributed by atoms with Crippen molar-refractivity contribution in [3.05, 3.63) is 67.0 Å². The summed E-state index contributed by atoms with van der Waals surface area (Å²) in [5, 5.41) is 6.15. The number of hydrogen-bond donors (Lipinski definition) is 0. The van der Waals surface area contributed by atoms with E-state index in [2.05, 4.69) is 47.5 Å². The number of hydrogen-bond acceptors (Lipinski definition) is 6. The van der Waals surface area contributed by atoms with E-state index >= 15 is 0 Å². The zero-order chi connectivity index (χ0) is 17.6. The van der Waals surface area contributed by atoms with Gasteiger partial charge in [0.05, 0.1) is 26.3 Å². The molecule has 3 heterocycles. The van der Waals surface area contributed by atoms with Gasteiger partial charge in [0.25, 0.3) is 0 Å². The van der Waals surface area contributed by atoms with Gasteiger partial charge in [-0.1, -0.05) is 41.7 Å². The van der Waals surface area contributed by atoms with Crippen molar-refractivity contribution in [3.8, 4) is 0 Å². The smallest absolute Gasteiger partial charge is 0.118 e. The minimum atomic E-state index is 0.759. The summed E-state index contributed by atoms with van der Waals surface area (Å²) >= 11 is 11.4. The van der Waals surface area contributed by atoms with Crippen LogP contribution in [0.5, 0.6) is 0 Å². The van der Waals surface area contributed by atoms with Gasteiger partial charge in [0.1, 0.15) is 5.01 Å². The van der Waals surface area contributed by atoms with Crippen LogP contribution >= 0.6 is 46.5 Å². The molecule has 1 aromatic carbocycles. The molecule has 7 heteroatoms. The Kier molecular flexibility index (Phi) is 4.62. The summed E-state index contributed by atoms with van der Waals surface area (Å²) in [5.74, 6) is 0. The zero-order valence-corrected chi connectivity index (χ0v) is 17.0. The Hall–Kier alpha value is -1.34. The van der Waals surface area contributed by atoms with Crippen LogP contribution in [0.15, 0.2) is 61.9 Å². The maximum Gasteiger partial charge on any atom is 0.118 e. The highest BCUT2D eigenvalue weighted by Gasteiger charge is 2.33. The number of likely N-dealkylation sites (N-methyl/N-ethyl adjacent to an activating group) is 1. The minimum Gasteiger partial charge on any atom is -0.337 e. The standard InChI is InChI=1S/C18H16ClN3S3/c1-4-22-11(2)17(25-16(22)10-15-20-7-8-23-15)18-21(3)13-9-12(19)5-6-14(13)24-18/h5-10H,2,4H2,1,3H3. The van der Waals surface area contributed by atoms with Crippen LogP contribution in [0, 0.1) is 0 Å². The number of nitrogens with zero attached hydrogens (tertiary/aromatic N) is 3. The molecule has 1 aromatic heterocycles. The molecule has 2 aromatic rings. The van der Waals surface area contributed by atoms with Crippen molar-refractivity contribution in [2.45, 2.75) is 11.8 Å². The highest BCUT2D eigenvalue weighted by Crippen LogP contribution is 2.54. The van der Waals surface area contributed by atoms with Crippen LogP contribution in [0.4, 0.5) is 5.69 Å². The predicted molar refractivity (Wildman–Crippen MR) is 112 cm³/mol. The lowest BCUT2D eigenvalue weighted by molar-refractivity contribution is 0.507. The maximum absolute atomic E-state index is 6.18. The lowest BCUT2D eigenvalue weighted by Crippen LogP contribution is -2.16. The number of aromatic nitrogens is 1. The van der Waals surface area contributed by atoms with E-state index in [1.807, 2.05) is 23.7 Å². The van der Waals surface area contributed by atoms with Gasteiger partial charge >= 0.3 is 0 Å². The van der Waals surface area contributed by atoms with E-state index in [1.54, 1.807) is 34.9 Å². The van der Waals surface area contributed by atoms with Crippen molar-refractivity contribution in [2.24, 2.45) is 0 Å². The van der Waals surface area contributed by atoms with Crippen LogP contribution in [0.3, 0.4) is 0 Å². The summed E-state index contributed by atoms with van der Waals surface area (Å²) in [4.78, 5) is 11.3. The molecule has 0 spiro atoms. The van der Waals surface area contributed by atoms with Crippen molar-refractivity contribution in [1.82, 2.24) is 9.88 Å². The minimum absolute atomic E-state index is 0.759. The molecule has 3 nitrogen and oxygen atoms in total. The molecule has 0 atom stereocenters. The van der Waals surface area contributed by atoms with Crippen molar-refractivity contribution in [2.75, 3.05) is 18.5 Å². The third-order valence-corrected chi connectivity index (χ3v) is 7.57. The molecule has 1 fully saturated rings. The number of thioether (sulfide) groups is 2. The average Bonchev–Trinajstić information content (AvgIpc) is 3.28. The van der Waals surface area contributed by atoms with E-state index < -0.39 is 0 Å². The second kappa shape index (κ2) is 6.76. The first-order valence-corrected chi connectivity index (χ1v) is 10.7. The molecule has 2 aliphatic heterocycles. The molecule has 0 unspecified atom stereocenters. The first-order valence-electron chi connectivity index (χ1n) is 7.79. The Labute approximate surface area is 165 Å². The monoisotopic (exact) mass is 405 g/mol. The summed E-state index contributed by atoms with van der Waals surface area (Å²) in [6.45, 7) is 7.38. The van der Waals surface area contributed by atoms with Gasteiger partial charge in [-0.25, -0.2) is 4.98 Å². The first-order chi connectivity index (χ1) is 12.1. The Morgan fingerprint density at radius 2 is 2.16 bits per heavy atom. The first kappa shape index (κ1) is 17.1. The van der Waals surface area contributed by atoms with Gasteiger partial charge in [-0.05, 0) is 25.1 Å². The van der Waals surface area contributed by atoms with Crippen molar-refractivity contribution >= 4 is 58.2 Å². The number of benzene rings is 1. The van der Waals surface area contributed by atoms with Crippen LogP contribution in [-0.2, 0) is 0 Å². The maximum atomic E-state index is 6.18. The molecule has 4 rings (SSSR count). The molecule has 0 bridgehead atoms. The van der Waals surface area contributed by atoms with Gasteiger partial charge in [-0.3, -0.25) is 0 Å². The number of rotatable bonds is 2. The van der Waals surface area contributed by atoms with Gasteiger partial charge in [-0.15, -0.1) is 11.3 Å². The number of fused-ring (bicyclic) bond motifs is 1. The summed E-state index contributed by atoms with van der Waals surface area (Å²) < 4.78 is 0. The quantitative estimate of drug-likeness (QED) is 0.600. The number of halogens is 1. The largest absolute Gasteiger partial charge is 0.337 e. The van der Waals surface area contributed by atoms with E-state index in [-0.39, 0.29) is 0 Å². The Bertz CT molecular complexity index is 902. The lowest BCUT2D eigenvalue weighted by Gasteiger charge is -2.18. The Morgan fingerprint density at radius 1 is 1.32 bits per heavy atom. The molecular formula is C18H16ClN3S3. The van der Waals surface area contributed by atoms with Gasteiger partial charge in [0, 0.05) is 41.2 Å². The van der Waals surface area contributed by atoms with Gasteiger partial charge in [0.2, 0.25) is 0 Å². The second-order valence-corrected chi connectivity index (χ2v) is 8.98. The fourth-order valence-corrected chi connectivity index (χ4v) is 6.15. The molecule has 0 radical (unpaired) electrons. The van der Waals surface area contributed by atoms with Crippen LogP contribution in [0.1, 0.15) is 11.9 Å². The molecule has 0 amide bonds. The molecule has 2 aliphatic rings. The molecule has 0 saturated carbocycles. The number of thiazole rings is 1. The van der Waals surface area contributed by atoms with Crippen molar-refractivity contribution in [1.29, 1.82) is 0 Å². The van der Waals surface area contributed by atoms with E-state index in [1.165, 1.54) is 19.9 Å². The Balaban J connectivity index is 1.74.